The number of benzene rings is 2. The molecule has 0 saturated carbocycles. The zero-order valence-electron chi connectivity index (χ0n) is 12.5. The summed E-state index contributed by atoms with van der Waals surface area (Å²) in [6, 6.07) is 19.0. The average Bonchev–Trinajstić information content (AvgIpc) is 2.97. The third kappa shape index (κ3) is 2.72. The predicted octanol–water partition coefficient (Wildman–Crippen LogP) is 2.70. The summed E-state index contributed by atoms with van der Waals surface area (Å²) in [7, 11) is 1.76. The Labute approximate surface area is 130 Å². The first-order valence-electron chi connectivity index (χ1n) is 7.35. The van der Waals surface area contributed by atoms with Gasteiger partial charge in [0.2, 0.25) is 11.8 Å². The summed E-state index contributed by atoms with van der Waals surface area (Å²) >= 11 is 0. The Hall–Kier alpha value is -2.62. The van der Waals surface area contributed by atoms with Gasteiger partial charge >= 0.3 is 0 Å². The molecule has 0 N–H and O–H groups in total. The summed E-state index contributed by atoms with van der Waals surface area (Å²) in [6.07, 6.45) is 0.269. The third-order valence-electron chi connectivity index (χ3n) is 4.02. The molecule has 0 unspecified atom stereocenters. The molecule has 1 aliphatic heterocycles. The number of nitrogens with zero attached hydrogens (tertiary/aromatic N) is 2. The van der Waals surface area contributed by atoms with Gasteiger partial charge in [0, 0.05) is 31.4 Å². The van der Waals surface area contributed by atoms with Crippen molar-refractivity contribution >= 4 is 23.2 Å². The maximum atomic E-state index is 12.6. The minimum absolute atomic E-state index is 0.00557. The van der Waals surface area contributed by atoms with Gasteiger partial charge in [-0.3, -0.25) is 9.59 Å². The number of hydrogen-bond acceptors (Lipinski definition) is 2. The second-order valence-electron chi connectivity index (χ2n) is 5.47. The lowest BCUT2D eigenvalue weighted by molar-refractivity contribution is -0.124. The van der Waals surface area contributed by atoms with Crippen LogP contribution in [0.1, 0.15) is 6.42 Å². The molecule has 0 aliphatic carbocycles. The molecule has 1 fully saturated rings. The number of hydrogen-bond donors (Lipinski definition) is 0. The lowest BCUT2D eigenvalue weighted by Gasteiger charge is -2.21. The number of rotatable bonds is 3. The molecule has 3 rings (SSSR count). The SMILES string of the molecule is CN(C(=O)[C@@H]1CC(=O)N(c2ccccc2)C1)c1ccccc1. The van der Waals surface area contributed by atoms with Gasteiger partial charge in [-0.05, 0) is 24.3 Å². The van der Waals surface area contributed by atoms with Crippen LogP contribution in [0.2, 0.25) is 0 Å². The molecule has 1 aliphatic rings. The van der Waals surface area contributed by atoms with Crippen LogP contribution >= 0.6 is 0 Å². The number of anilines is 2. The minimum atomic E-state index is -0.294. The van der Waals surface area contributed by atoms with Crippen molar-refractivity contribution in [1.29, 1.82) is 0 Å². The van der Waals surface area contributed by atoms with E-state index in [1.165, 1.54) is 0 Å². The molecule has 1 atom stereocenters. The van der Waals surface area contributed by atoms with Crippen LogP contribution in [-0.2, 0) is 9.59 Å². The minimum Gasteiger partial charge on any atom is -0.315 e. The molecule has 1 saturated heterocycles. The molecular formula is C18H18N2O2. The molecule has 0 radical (unpaired) electrons. The van der Waals surface area contributed by atoms with E-state index in [-0.39, 0.29) is 24.2 Å². The van der Waals surface area contributed by atoms with Crippen LogP contribution in [0.5, 0.6) is 0 Å². The fourth-order valence-corrected chi connectivity index (χ4v) is 2.78. The maximum absolute atomic E-state index is 12.6. The van der Waals surface area contributed by atoms with E-state index in [4.69, 9.17) is 0 Å². The highest BCUT2D eigenvalue weighted by Gasteiger charge is 2.36. The van der Waals surface area contributed by atoms with E-state index >= 15 is 0 Å². The van der Waals surface area contributed by atoms with E-state index in [9.17, 15) is 9.59 Å². The van der Waals surface area contributed by atoms with Crippen molar-refractivity contribution in [2.75, 3.05) is 23.4 Å². The van der Waals surface area contributed by atoms with E-state index in [1.807, 2.05) is 60.7 Å². The normalized spacial score (nSPS) is 17.6. The van der Waals surface area contributed by atoms with Crippen LogP contribution < -0.4 is 9.80 Å². The van der Waals surface area contributed by atoms with Gasteiger partial charge in [-0.25, -0.2) is 0 Å². The van der Waals surface area contributed by atoms with Crippen LogP contribution in [0.25, 0.3) is 0 Å². The van der Waals surface area contributed by atoms with Crippen molar-refractivity contribution in [3.05, 3.63) is 60.7 Å². The molecule has 2 aromatic rings. The molecule has 4 nitrogen and oxygen atoms in total. The largest absolute Gasteiger partial charge is 0.315 e. The van der Waals surface area contributed by atoms with Crippen molar-refractivity contribution in [3.8, 4) is 0 Å². The van der Waals surface area contributed by atoms with Gasteiger partial charge in [-0.1, -0.05) is 36.4 Å². The van der Waals surface area contributed by atoms with Gasteiger partial charge in [0.05, 0.1) is 5.92 Å². The van der Waals surface area contributed by atoms with E-state index in [0.717, 1.165) is 11.4 Å². The fraction of sp³-hybridized carbons (Fsp3) is 0.222. The molecule has 22 heavy (non-hydrogen) atoms. The third-order valence-corrected chi connectivity index (χ3v) is 4.02. The topological polar surface area (TPSA) is 40.6 Å². The summed E-state index contributed by atoms with van der Waals surface area (Å²) in [6.45, 7) is 0.443. The molecule has 112 valence electrons. The molecule has 0 aromatic heterocycles. The molecule has 0 bridgehead atoms. The Morgan fingerprint density at radius 1 is 1.05 bits per heavy atom. The van der Waals surface area contributed by atoms with Crippen molar-refractivity contribution in [3.63, 3.8) is 0 Å². The predicted molar refractivity (Wildman–Crippen MR) is 86.8 cm³/mol. The van der Waals surface area contributed by atoms with Gasteiger partial charge in [0.1, 0.15) is 0 Å². The van der Waals surface area contributed by atoms with E-state index in [2.05, 4.69) is 0 Å². The number of para-hydroxylation sites is 2. The Balaban J connectivity index is 1.74. The van der Waals surface area contributed by atoms with Crippen LogP contribution in [0.4, 0.5) is 11.4 Å². The number of carbonyl (C=O) groups excluding carboxylic acids is 2. The lowest BCUT2D eigenvalue weighted by Crippen LogP contribution is -2.34. The summed E-state index contributed by atoms with van der Waals surface area (Å²) in [5.41, 5.74) is 1.70. The van der Waals surface area contributed by atoms with Crippen molar-refractivity contribution in [2.45, 2.75) is 6.42 Å². The first kappa shape index (κ1) is 14.3. The summed E-state index contributed by atoms with van der Waals surface area (Å²) in [4.78, 5) is 28.1. The van der Waals surface area contributed by atoms with Crippen molar-refractivity contribution < 1.29 is 9.59 Å². The van der Waals surface area contributed by atoms with Gasteiger partial charge < -0.3 is 9.80 Å². The number of carbonyl (C=O) groups is 2. The highest BCUT2D eigenvalue weighted by Crippen LogP contribution is 2.27. The van der Waals surface area contributed by atoms with Crippen molar-refractivity contribution in [1.82, 2.24) is 0 Å². The Morgan fingerprint density at radius 3 is 2.27 bits per heavy atom. The second kappa shape index (κ2) is 6.02. The van der Waals surface area contributed by atoms with Crippen LogP contribution in [0.3, 0.4) is 0 Å². The van der Waals surface area contributed by atoms with E-state index < -0.39 is 0 Å². The Morgan fingerprint density at radius 2 is 1.64 bits per heavy atom. The van der Waals surface area contributed by atoms with E-state index in [1.54, 1.807) is 16.8 Å². The zero-order valence-corrected chi connectivity index (χ0v) is 12.5. The smallest absolute Gasteiger partial charge is 0.232 e. The Kier molecular flexibility index (Phi) is 3.92. The average molecular weight is 294 g/mol. The van der Waals surface area contributed by atoms with Gasteiger partial charge in [-0.2, -0.15) is 0 Å². The maximum Gasteiger partial charge on any atom is 0.232 e. The highest BCUT2D eigenvalue weighted by atomic mass is 16.2. The molecule has 4 heteroatoms. The number of amides is 2. The highest BCUT2D eigenvalue weighted by molar-refractivity contribution is 6.04. The Bertz CT molecular complexity index is 670. The summed E-state index contributed by atoms with van der Waals surface area (Å²) < 4.78 is 0. The molecule has 0 spiro atoms. The fourth-order valence-electron chi connectivity index (χ4n) is 2.78. The standard InChI is InChI=1S/C18H18N2O2/c1-19(15-8-4-2-5-9-15)18(22)14-12-17(21)20(13-14)16-10-6-3-7-11-16/h2-11,14H,12-13H2,1H3/t14-/m1/s1. The van der Waals surface area contributed by atoms with Crippen LogP contribution in [0, 0.1) is 5.92 Å². The van der Waals surface area contributed by atoms with Gasteiger partial charge in [-0.15, -0.1) is 0 Å². The van der Waals surface area contributed by atoms with Gasteiger partial charge in [0.25, 0.3) is 0 Å². The lowest BCUT2D eigenvalue weighted by atomic mass is 10.1. The van der Waals surface area contributed by atoms with Crippen LogP contribution in [0.15, 0.2) is 60.7 Å². The van der Waals surface area contributed by atoms with E-state index in [0.29, 0.717) is 6.54 Å². The summed E-state index contributed by atoms with van der Waals surface area (Å²) in [5, 5.41) is 0. The first-order valence-corrected chi connectivity index (χ1v) is 7.35. The monoisotopic (exact) mass is 294 g/mol. The van der Waals surface area contributed by atoms with Crippen molar-refractivity contribution in [2.24, 2.45) is 5.92 Å². The molecular weight excluding hydrogens is 276 g/mol. The zero-order chi connectivity index (χ0) is 15.5. The summed E-state index contributed by atoms with van der Waals surface area (Å²) in [5.74, 6) is -0.304. The molecule has 2 aromatic carbocycles. The molecule has 2 amide bonds. The van der Waals surface area contributed by atoms with Gasteiger partial charge in [0.15, 0.2) is 0 Å². The second-order valence-corrected chi connectivity index (χ2v) is 5.47. The quantitative estimate of drug-likeness (QED) is 0.873. The first-order chi connectivity index (χ1) is 10.7. The van der Waals surface area contributed by atoms with Crippen LogP contribution in [-0.4, -0.2) is 25.4 Å². The molecule has 1 heterocycles.